The molecule has 0 saturated carbocycles. The van der Waals surface area contributed by atoms with Crippen LogP contribution in [0.2, 0.25) is 0 Å². The summed E-state index contributed by atoms with van der Waals surface area (Å²) >= 11 is 0. The number of hydrogen-bond acceptors (Lipinski definition) is 5. The number of aliphatic hydroxyl groups excluding tert-OH is 1. The van der Waals surface area contributed by atoms with Crippen molar-refractivity contribution in [3.8, 4) is 0 Å². The van der Waals surface area contributed by atoms with E-state index in [9.17, 15) is 14.7 Å². The van der Waals surface area contributed by atoms with Crippen LogP contribution in [0.25, 0.3) is 0 Å². The summed E-state index contributed by atoms with van der Waals surface area (Å²) in [5, 5.41) is 10.2. The third-order valence-corrected chi connectivity index (χ3v) is 3.35. The van der Waals surface area contributed by atoms with Gasteiger partial charge in [-0.1, -0.05) is 13.8 Å². The molecule has 18 heavy (non-hydrogen) atoms. The largest absolute Gasteiger partial charge is 0.506 e. The van der Waals surface area contributed by atoms with Crippen LogP contribution < -0.4 is 0 Å². The molecular weight excluding hydrogens is 236 g/mol. The van der Waals surface area contributed by atoms with E-state index in [1.807, 2.05) is 6.92 Å². The van der Waals surface area contributed by atoms with Gasteiger partial charge in [0.25, 0.3) is 0 Å². The quantitative estimate of drug-likeness (QED) is 0.599. The first-order chi connectivity index (χ1) is 8.44. The molecule has 0 aromatic heterocycles. The zero-order valence-corrected chi connectivity index (χ0v) is 11.3. The number of aliphatic hydroxyl groups is 1. The van der Waals surface area contributed by atoms with Crippen LogP contribution in [-0.4, -0.2) is 36.7 Å². The van der Waals surface area contributed by atoms with E-state index >= 15 is 0 Å². The number of carbonyl (C=O) groups is 2. The number of Topliss-reactive ketones (excluding diaryl/α,β-unsaturated/α-hetero) is 2. The van der Waals surface area contributed by atoms with Gasteiger partial charge in [0.2, 0.25) is 5.79 Å². The van der Waals surface area contributed by atoms with Crippen LogP contribution in [0.15, 0.2) is 11.3 Å². The molecule has 0 fully saturated rings. The molecule has 1 aliphatic carbocycles. The highest BCUT2D eigenvalue weighted by Gasteiger charge is 2.49. The molecule has 0 aromatic rings. The predicted molar refractivity (Wildman–Crippen MR) is 65.1 cm³/mol. The first-order valence-corrected chi connectivity index (χ1v) is 6.05. The van der Waals surface area contributed by atoms with Gasteiger partial charge in [-0.2, -0.15) is 0 Å². The fourth-order valence-electron chi connectivity index (χ4n) is 2.37. The lowest BCUT2D eigenvalue weighted by atomic mass is 9.81. The van der Waals surface area contributed by atoms with Crippen molar-refractivity contribution in [2.45, 2.75) is 38.9 Å². The average Bonchev–Trinajstić information content (AvgIpc) is 2.30. The molecule has 1 atom stereocenters. The third kappa shape index (κ3) is 2.20. The van der Waals surface area contributed by atoms with Crippen LogP contribution in [0.4, 0.5) is 0 Å². The minimum Gasteiger partial charge on any atom is -0.506 e. The number of rotatable bonds is 5. The fourth-order valence-corrected chi connectivity index (χ4v) is 2.37. The Hall–Kier alpha value is -1.20. The Kier molecular flexibility index (Phi) is 4.65. The Morgan fingerprint density at radius 2 is 2.00 bits per heavy atom. The number of methoxy groups -OCH3 is 2. The van der Waals surface area contributed by atoms with Gasteiger partial charge < -0.3 is 14.6 Å². The molecule has 102 valence electrons. The first-order valence-electron chi connectivity index (χ1n) is 6.05. The molecule has 5 nitrogen and oxygen atoms in total. The maximum atomic E-state index is 11.9. The Morgan fingerprint density at radius 1 is 1.44 bits per heavy atom. The van der Waals surface area contributed by atoms with Gasteiger partial charge in [-0.25, -0.2) is 0 Å². The van der Waals surface area contributed by atoms with Crippen LogP contribution in [0.3, 0.4) is 0 Å². The molecule has 0 radical (unpaired) electrons. The summed E-state index contributed by atoms with van der Waals surface area (Å²) in [7, 11) is 2.77. The van der Waals surface area contributed by atoms with Gasteiger partial charge in [-0.3, -0.25) is 9.59 Å². The molecule has 1 N–H and O–H groups in total. The number of ether oxygens (including phenoxy) is 2. The summed E-state index contributed by atoms with van der Waals surface area (Å²) in [5.41, 5.74) is -0.168. The molecule has 0 spiro atoms. The molecule has 1 rings (SSSR count). The zero-order chi connectivity index (χ0) is 13.9. The van der Waals surface area contributed by atoms with Crippen molar-refractivity contribution < 1.29 is 24.2 Å². The summed E-state index contributed by atoms with van der Waals surface area (Å²) < 4.78 is 10.4. The maximum Gasteiger partial charge on any atom is 0.230 e. The third-order valence-electron chi connectivity index (χ3n) is 3.35. The number of allylic oxidation sites excluding steroid dienone is 1. The van der Waals surface area contributed by atoms with Crippen molar-refractivity contribution in [3.63, 3.8) is 0 Å². The van der Waals surface area contributed by atoms with E-state index in [0.29, 0.717) is 6.42 Å². The predicted octanol–water partition coefficient (Wildman–Crippen LogP) is 1.77. The van der Waals surface area contributed by atoms with E-state index in [1.165, 1.54) is 14.2 Å². The van der Waals surface area contributed by atoms with Gasteiger partial charge >= 0.3 is 0 Å². The second kappa shape index (κ2) is 5.63. The molecule has 0 heterocycles. The van der Waals surface area contributed by atoms with Gasteiger partial charge in [0, 0.05) is 33.0 Å². The average molecular weight is 256 g/mol. The van der Waals surface area contributed by atoms with E-state index in [4.69, 9.17) is 9.47 Å². The Bertz CT molecular complexity index is 379. The van der Waals surface area contributed by atoms with Gasteiger partial charge in [0.05, 0.1) is 0 Å². The van der Waals surface area contributed by atoms with Crippen LogP contribution >= 0.6 is 0 Å². The summed E-state index contributed by atoms with van der Waals surface area (Å²) in [4.78, 5) is 23.8. The smallest absolute Gasteiger partial charge is 0.230 e. The molecule has 0 saturated heterocycles. The number of hydrogen-bond donors (Lipinski definition) is 1. The van der Waals surface area contributed by atoms with Crippen molar-refractivity contribution >= 4 is 11.6 Å². The lowest BCUT2D eigenvalue weighted by Gasteiger charge is -2.39. The van der Waals surface area contributed by atoms with Gasteiger partial charge in [0.15, 0.2) is 17.3 Å². The lowest BCUT2D eigenvalue weighted by molar-refractivity contribution is -0.231. The Balaban J connectivity index is 3.31. The van der Waals surface area contributed by atoms with Crippen LogP contribution in [-0.2, 0) is 19.1 Å². The summed E-state index contributed by atoms with van der Waals surface area (Å²) in [5.74, 6) is -2.84. The molecule has 5 heteroatoms. The van der Waals surface area contributed by atoms with Crippen LogP contribution in [0, 0.1) is 5.92 Å². The van der Waals surface area contributed by atoms with Crippen molar-refractivity contribution in [3.05, 3.63) is 11.3 Å². The number of carbonyl (C=O) groups excluding carboxylic acids is 2. The molecule has 0 aromatic carbocycles. The lowest BCUT2D eigenvalue weighted by Crippen LogP contribution is -2.48. The molecule has 0 amide bonds. The number of ketones is 2. The highest BCUT2D eigenvalue weighted by atomic mass is 16.7. The van der Waals surface area contributed by atoms with E-state index in [1.54, 1.807) is 6.92 Å². The molecule has 0 aliphatic heterocycles. The van der Waals surface area contributed by atoms with Crippen molar-refractivity contribution in [2.75, 3.05) is 14.2 Å². The van der Waals surface area contributed by atoms with Crippen LogP contribution in [0.5, 0.6) is 0 Å². The fraction of sp³-hybridized carbons (Fsp3) is 0.692. The van der Waals surface area contributed by atoms with E-state index in [2.05, 4.69) is 0 Å². The summed E-state index contributed by atoms with van der Waals surface area (Å²) in [6, 6.07) is 0. The SMILES string of the molecule is CCCC(=O)C1=C(O)C(OC)(OC)C(C)CC1=O. The highest BCUT2D eigenvalue weighted by molar-refractivity contribution is 6.21. The van der Waals surface area contributed by atoms with E-state index < -0.39 is 11.5 Å². The maximum absolute atomic E-state index is 11.9. The zero-order valence-electron chi connectivity index (χ0n) is 11.3. The Labute approximate surface area is 107 Å². The topological polar surface area (TPSA) is 72.8 Å². The second-order valence-electron chi connectivity index (χ2n) is 4.50. The van der Waals surface area contributed by atoms with Crippen molar-refractivity contribution in [1.29, 1.82) is 0 Å². The molecule has 1 aliphatic rings. The molecular formula is C13H20O5. The Morgan fingerprint density at radius 3 is 2.44 bits per heavy atom. The van der Waals surface area contributed by atoms with Gasteiger partial charge in [0.1, 0.15) is 5.57 Å². The summed E-state index contributed by atoms with van der Waals surface area (Å²) in [6.45, 7) is 3.58. The molecule has 1 unspecified atom stereocenters. The van der Waals surface area contributed by atoms with Gasteiger partial charge in [-0.15, -0.1) is 0 Å². The van der Waals surface area contributed by atoms with E-state index in [0.717, 1.165) is 0 Å². The highest BCUT2D eigenvalue weighted by Crippen LogP contribution is 2.38. The molecule has 0 bridgehead atoms. The summed E-state index contributed by atoms with van der Waals surface area (Å²) in [6.07, 6.45) is 0.963. The first kappa shape index (κ1) is 14.9. The van der Waals surface area contributed by atoms with Crippen molar-refractivity contribution in [2.24, 2.45) is 5.92 Å². The normalized spacial score (nSPS) is 23.3. The van der Waals surface area contributed by atoms with Crippen LogP contribution in [0.1, 0.15) is 33.1 Å². The van der Waals surface area contributed by atoms with Crippen molar-refractivity contribution in [1.82, 2.24) is 0 Å². The second-order valence-corrected chi connectivity index (χ2v) is 4.50. The van der Waals surface area contributed by atoms with Gasteiger partial charge in [-0.05, 0) is 6.42 Å². The minimum absolute atomic E-state index is 0.122. The monoisotopic (exact) mass is 256 g/mol. The standard InChI is InChI=1S/C13H20O5/c1-5-6-9(14)11-10(15)7-8(2)13(17-3,18-4)12(11)16/h8,16H,5-7H2,1-4H3. The minimum atomic E-state index is -1.40. The van der Waals surface area contributed by atoms with E-state index in [-0.39, 0.29) is 35.9 Å².